The van der Waals surface area contributed by atoms with Crippen molar-refractivity contribution in [1.82, 2.24) is 24.6 Å². The summed E-state index contributed by atoms with van der Waals surface area (Å²) in [7, 11) is 1.77. The highest BCUT2D eigenvalue weighted by Crippen LogP contribution is 2.27. The number of amides is 1. The zero-order valence-electron chi connectivity index (χ0n) is 20.7. The lowest BCUT2D eigenvalue weighted by atomic mass is 10.0. The molecule has 1 aliphatic heterocycles. The number of halogens is 1. The van der Waals surface area contributed by atoms with Crippen LogP contribution in [0.15, 0.2) is 65.6 Å². The predicted octanol–water partition coefficient (Wildman–Crippen LogP) is 3.06. The van der Waals surface area contributed by atoms with Crippen LogP contribution in [0.3, 0.4) is 0 Å². The number of benzene rings is 2. The van der Waals surface area contributed by atoms with Gasteiger partial charge in [-0.05, 0) is 44.0 Å². The minimum Gasteiger partial charge on any atom is -0.381 e. The second-order valence-corrected chi connectivity index (χ2v) is 9.15. The summed E-state index contributed by atoms with van der Waals surface area (Å²) in [6.07, 6.45) is 2.83. The average molecular weight is 502 g/mol. The van der Waals surface area contributed by atoms with Crippen molar-refractivity contribution in [2.24, 2.45) is 7.05 Å². The first-order valence-electron chi connectivity index (χ1n) is 12.1. The number of carbonyl (C=O) groups excluding carboxylic acids is 1. The second-order valence-electron chi connectivity index (χ2n) is 9.15. The molecule has 4 aromatic rings. The molecule has 37 heavy (non-hydrogen) atoms. The summed E-state index contributed by atoms with van der Waals surface area (Å²) < 4.78 is 16.9. The van der Waals surface area contributed by atoms with Crippen molar-refractivity contribution in [1.29, 1.82) is 0 Å². The van der Waals surface area contributed by atoms with Gasteiger partial charge < -0.3 is 16.0 Å². The molecule has 2 aromatic carbocycles. The Balaban J connectivity index is 1.29. The number of nitrogens with zero attached hydrogens (tertiary/aromatic N) is 5. The highest BCUT2D eigenvalue weighted by molar-refractivity contribution is 5.95. The van der Waals surface area contributed by atoms with Crippen molar-refractivity contribution >= 4 is 17.5 Å². The Morgan fingerprint density at radius 1 is 1.11 bits per heavy atom. The number of nitrogen functional groups attached to an aromatic ring is 1. The third kappa shape index (κ3) is 4.69. The van der Waals surface area contributed by atoms with E-state index in [0.717, 1.165) is 0 Å². The number of rotatable bonds is 5. The van der Waals surface area contributed by atoms with Crippen LogP contribution in [0.1, 0.15) is 28.9 Å². The zero-order valence-corrected chi connectivity index (χ0v) is 20.7. The monoisotopic (exact) mass is 501 g/mol. The summed E-state index contributed by atoms with van der Waals surface area (Å²) in [4.78, 5) is 37.2. The molecule has 0 unspecified atom stereocenters. The molecule has 1 fully saturated rings. The van der Waals surface area contributed by atoms with Crippen LogP contribution >= 0.6 is 0 Å². The van der Waals surface area contributed by atoms with Crippen molar-refractivity contribution in [3.05, 3.63) is 88.2 Å². The molecule has 1 amide bonds. The van der Waals surface area contributed by atoms with Crippen LogP contribution in [-0.4, -0.2) is 44.4 Å². The maximum atomic E-state index is 13.7. The lowest BCUT2D eigenvalue weighted by Crippen LogP contribution is -2.46. The zero-order chi connectivity index (χ0) is 26.1. The number of nitrogens with two attached hydrogens (primary N) is 1. The SMILES string of the molecule is Cc1c(C(=O)NC2CCN(c3nc(-c4cccc(F)c4)cnc3N)CC2)c(=O)n(-c2ccccc2)n1C. The van der Waals surface area contributed by atoms with Gasteiger partial charge in [-0.25, -0.2) is 19.0 Å². The first-order valence-corrected chi connectivity index (χ1v) is 12.1. The Morgan fingerprint density at radius 3 is 2.54 bits per heavy atom. The Morgan fingerprint density at radius 2 is 1.84 bits per heavy atom. The van der Waals surface area contributed by atoms with Gasteiger partial charge in [-0.3, -0.25) is 14.3 Å². The molecular formula is C27H28FN7O2. The topological polar surface area (TPSA) is 111 Å². The lowest BCUT2D eigenvalue weighted by molar-refractivity contribution is 0.0929. The molecule has 0 atom stereocenters. The van der Waals surface area contributed by atoms with E-state index in [0.29, 0.717) is 60.2 Å². The molecule has 0 bridgehead atoms. The van der Waals surface area contributed by atoms with Gasteiger partial charge in [0, 0.05) is 31.7 Å². The van der Waals surface area contributed by atoms with Crippen molar-refractivity contribution in [2.45, 2.75) is 25.8 Å². The van der Waals surface area contributed by atoms with Crippen LogP contribution in [-0.2, 0) is 7.05 Å². The average Bonchev–Trinajstić information content (AvgIpc) is 3.13. The first-order chi connectivity index (χ1) is 17.8. The predicted molar refractivity (Wildman–Crippen MR) is 140 cm³/mol. The molecular weight excluding hydrogens is 473 g/mol. The van der Waals surface area contributed by atoms with Gasteiger partial charge >= 0.3 is 0 Å². The minimum absolute atomic E-state index is 0.103. The summed E-state index contributed by atoms with van der Waals surface area (Å²) in [5.41, 5.74) is 8.37. The van der Waals surface area contributed by atoms with E-state index in [1.54, 1.807) is 30.8 Å². The van der Waals surface area contributed by atoms with Gasteiger partial charge in [-0.2, -0.15) is 0 Å². The van der Waals surface area contributed by atoms with Crippen molar-refractivity contribution < 1.29 is 9.18 Å². The molecule has 0 saturated carbocycles. The highest BCUT2D eigenvalue weighted by atomic mass is 19.1. The molecule has 190 valence electrons. The standard InChI is InChI=1S/C27H28FN7O2/c1-17-23(27(37)35(33(17)2)21-9-4-3-5-10-21)26(36)31-20-11-13-34(14-12-20)25-24(29)30-16-22(32-25)18-7-6-8-19(28)15-18/h3-10,15-16,20H,11-14H2,1-2H3,(H2,29,30)(H,31,36). The largest absolute Gasteiger partial charge is 0.381 e. The van der Waals surface area contributed by atoms with E-state index in [1.165, 1.54) is 23.0 Å². The molecule has 3 heterocycles. The van der Waals surface area contributed by atoms with E-state index in [9.17, 15) is 14.0 Å². The fourth-order valence-corrected chi connectivity index (χ4v) is 4.73. The number of aromatic nitrogens is 4. The first kappa shape index (κ1) is 24.2. The second kappa shape index (κ2) is 9.88. The third-order valence-corrected chi connectivity index (χ3v) is 6.81. The maximum absolute atomic E-state index is 13.7. The fraction of sp³-hybridized carbons (Fsp3) is 0.259. The molecule has 2 aromatic heterocycles. The summed E-state index contributed by atoms with van der Waals surface area (Å²) in [6, 6.07) is 15.3. The number of hydrogen-bond donors (Lipinski definition) is 2. The quantitative estimate of drug-likeness (QED) is 0.435. The molecule has 5 rings (SSSR count). The Labute approximate surface area is 213 Å². The van der Waals surface area contributed by atoms with Crippen LogP contribution in [0.5, 0.6) is 0 Å². The molecule has 1 aliphatic rings. The van der Waals surface area contributed by atoms with E-state index < -0.39 is 0 Å². The van der Waals surface area contributed by atoms with Gasteiger partial charge in [0.1, 0.15) is 11.4 Å². The van der Waals surface area contributed by atoms with E-state index in [2.05, 4.69) is 15.3 Å². The number of para-hydroxylation sites is 1. The van der Waals surface area contributed by atoms with Gasteiger partial charge in [0.05, 0.1) is 23.3 Å². The van der Waals surface area contributed by atoms with Crippen LogP contribution in [0.4, 0.5) is 16.0 Å². The van der Waals surface area contributed by atoms with E-state index in [-0.39, 0.29) is 28.9 Å². The van der Waals surface area contributed by atoms with Crippen molar-refractivity contribution in [2.75, 3.05) is 23.7 Å². The fourth-order valence-electron chi connectivity index (χ4n) is 4.73. The van der Waals surface area contributed by atoms with Crippen LogP contribution < -0.4 is 21.5 Å². The number of anilines is 2. The summed E-state index contributed by atoms with van der Waals surface area (Å²) in [5.74, 6) is 0.109. The van der Waals surface area contributed by atoms with Crippen LogP contribution in [0.25, 0.3) is 16.9 Å². The number of piperidine rings is 1. The number of hydrogen-bond acceptors (Lipinski definition) is 6. The Kier molecular flexibility index (Phi) is 6.47. The Bertz CT molecular complexity index is 1510. The van der Waals surface area contributed by atoms with Crippen LogP contribution in [0, 0.1) is 12.7 Å². The van der Waals surface area contributed by atoms with Gasteiger partial charge in [0.25, 0.3) is 11.5 Å². The van der Waals surface area contributed by atoms with Crippen molar-refractivity contribution in [3.8, 4) is 16.9 Å². The molecule has 3 N–H and O–H groups in total. The van der Waals surface area contributed by atoms with Gasteiger partial charge in [0.2, 0.25) is 0 Å². The molecule has 0 aliphatic carbocycles. The summed E-state index contributed by atoms with van der Waals surface area (Å²) in [5, 5.41) is 3.04. The molecule has 9 nitrogen and oxygen atoms in total. The Hall–Kier alpha value is -4.47. The van der Waals surface area contributed by atoms with Crippen molar-refractivity contribution in [3.63, 3.8) is 0 Å². The summed E-state index contributed by atoms with van der Waals surface area (Å²) in [6.45, 7) is 2.96. The van der Waals surface area contributed by atoms with Gasteiger partial charge in [0.15, 0.2) is 11.6 Å². The number of carbonyl (C=O) groups is 1. The van der Waals surface area contributed by atoms with E-state index in [4.69, 9.17) is 5.73 Å². The third-order valence-electron chi connectivity index (χ3n) is 6.81. The lowest BCUT2D eigenvalue weighted by Gasteiger charge is -2.33. The number of nitrogens with one attached hydrogen (secondary N) is 1. The minimum atomic E-state index is -0.376. The maximum Gasteiger partial charge on any atom is 0.284 e. The highest BCUT2D eigenvalue weighted by Gasteiger charge is 2.27. The molecule has 1 saturated heterocycles. The summed E-state index contributed by atoms with van der Waals surface area (Å²) >= 11 is 0. The van der Waals surface area contributed by atoms with Gasteiger partial charge in [-0.1, -0.05) is 30.3 Å². The van der Waals surface area contributed by atoms with E-state index in [1.807, 2.05) is 35.2 Å². The molecule has 0 spiro atoms. The molecule has 0 radical (unpaired) electrons. The van der Waals surface area contributed by atoms with Gasteiger partial charge in [-0.15, -0.1) is 0 Å². The normalized spacial score (nSPS) is 14.1. The molecule has 10 heteroatoms. The van der Waals surface area contributed by atoms with E-state index >= 15 is 0 Å². The van der Waals surface area contributed by atoms with Crippen LogP contribution in [0.2, 0.25) is 0 Å². The smallest absolute Gasteiger partial charge is 0.284 e.